The van der Waals surface area contributed by atoms with Crippen molar-refractivity contribution in [3.05, 3.63) is 404 Å². The van der Waals surface area contributed by atoms with Crippen molar-refractivity contribution < 1.29 is 0 Å². The molecule has 0 atom stereocenters. The summed E-state index contributed by atoms with van der Waals surface area (Å²) in [6.45, 7) is 62.2. The molecule has 0 heterocycles. The van der Waals surface area contributed by atoms with E-state index in [9.17, 15) is 0 Å². The number of aryl methyl sites for hydroxylation is 24. The van der Waals surface area contributed by atoms with Crippen molar-refractivity contribution in [1.82, 2.24) is 0 Å². The molecule has 0 radical (unpaired) electrons. The molecule has 14 aromatic carbocycles. The molecule has 0 spiro atoms. The summed E-state index contributed by atoms with van der Waals surface area (Å²) in [6, 6.07) is 64.3. The smallest absolute Gasteiger partial charge is 0.000809 e. The van der Waals surface area contributed by atoms with Gasteiger partial charge >= 0.3 is 0 Å². The van der Waals surface area contributed by atoms with Gasteiger partial charge in [0.1, 0.15) is 0 Å². The zero-order valence-electron chi connectivity index (χ0n) is 77.1. The zero-order chi connectivity index (χ0) is 85.1. The highest BCUT2D eigenvalue weighted by Gasteiger charge is 2.30. The van der Waals surface area contributed by atoms with Gasteiger partial charge in [0.25, 0.3) is 0 Å². The Morgan fingerprint density at radius 1 is 0.126 bits per heavy atom. The lowest BCUT2D eigenvalue weighted by Crippen LogP contribution is -1.90. The van der Waals surface area contributed by atoms with Crippen LogP contribution in [0.25, 0.3) is 77.9 Å². The fraction of sp³-hybridized carbons (Fsp3) is 0.294. The lowest BCUT2D eigenvalue weighted by atomic mass is 9.93. The molecule has 7 aliphatic rings. The highest BCUT2D eigenvalue weighted by Crippen LogP contribution is 2.50. The van der Waals surface area contributed by atoms with Crippen LogP contribution in [0.3, 0.4) is 0 Å². The van der Waals surface area contributed by atoms with Crippen LogP contribution in [0.15, 0.2) is 170 Å². The molecule has 119 heavy (non-hydrogen) atoms. The predicted octanol–water partition coefficient (Wildman–Crippen LogP) is 31.4. The van der Waals surface area contributed by atoms with E-state index in [0.717, 1.165) is 44.9 Å². The number of fused-ring (bicyclic) bond motifs is 21. The minimum atomic E-state index is 1.10. The maximum atomic E-state index is 2.36. The van der Waals surface area contributed by atoms with Gasteiger partial charge in [-0.1, -0.05) is 203 Å². The van der Waals surface area contributed by atoms with Gasteiger partial charge in [-0.2, -0.15) is 0 Å². The Hall–Kier alpha value is -10.9. The van der Waals surface area contributed by atoms with Crippen molar-refractivity contribution in [2.45, 2.75) is 239 Å². The fourth-order valence-electron chi connectivity index (χ4n) is 21.5. The summed E-state index contributed by atoms with van der Waals surface area (Å²) in [4.78, 5) is 0. The maximum Gasteiger partial charge on any atom is -0.000809 e. The third-order valence-corrected chi connectivity index (χ3v) is 28.2. The fourth-order valence-corrected chi connectivity index (χ4v) is 21.5. The van der Waals surface area contributed by atoms with Crippen molar-refractivity contribution in [3.8, 4) is 77.9 Å². The number of hydrogen-bond donors (Lipinski definition) is 0. The van der Waals surface area contributed by atoms with Crippen LogP contribution in [-0.2, 0) is 44.9 Å². The minimum Gasteiger partial charge on any atom is -0.0587 e. The van der Waals surface area contributed by atoms with Crippen LogP contribution >= 0.6 is 0 Å². The first kappa shape index (κ1) is 83.2. The quantitative estimate of drug-likeness (QED) is 0.142. The lowest BCUT2D eigenvalue weighted by molar-refractivity contribution is 1.18. The number of benzene rings is 14. The summed E-state index contributed by atoms with van der Waals surface area (Å²) in [5.74, 6) is 0. The van der Waals surface area contributed by atoms with Gasteiger partial charge < -0.3 is 0 Å². The van der Waals surface area contributed by atoms with Crippen molar-refractivity contribution in [2.24, 2.45) is 0 Å². The van der Waals surface area contributed by atoms with Crippen LogP contribution in [0.5, 0.6) is 0 Å². The van der Waals surface area contributed by atoms with Crippen LogP contribution in [-0.4, -0.2) is 0 Å². The molecule has 0 aromatic heterocycles. The van der Waals surface area contributed by atoms with E-state index in [1.807, 2.05) is 0 Å². The monoisotopic (exact) mass is 1550 g/mol. The molecule has 0 nitrogen and oxygen atoms in total. The summed E-state index contributed by atoms with van der Waals surface area (Å²) in [5.41, 5.74) is 81.6. The van der Waals surface area contributed by atoms with E-state index < -0.39 is 0 Å². The topological polar surface area (TPSA) is 0 Å². The highest BCUT2D eigenvalue weighted by atomic mass is 14.3. The summed E-state index contributed by atoms with van der Waals surface area (Å²) in [6.07, 6.45) is 7.77. The molecule has 0 saturated heterocycles. The first-order valence-corrected chi connectivity index (χ1v) is 43.9. The molecule has 7 aliphatic carbocycles. The van der Waals surface area contributed by atoms with Gasteiger partial charge in [0.2, 0.25) is 0 Å². The van der Waals surface area contributed by atoms with Gasteiger partial charge in [-0.3, -0.25) is 0 Å². The molecule has 14 aromatic rings. The molecule has 0 bridgehead atoms. The Morgan fingerprint density at radius 2 is 0.387 bits per heavy atom. The highest BCUT2D eigenvalue weighted by molar-refractivity contribution is 5.89. The molecule has 0 N–H and O–H groups in total. The van der Waals surface area contributed by atoms with Gasteiger partial charge in [0.05, 0.1) is 0 Å². The Kier molecular flexibility index (Phi) is 22.8. The Bertz CT molecular complexity index is 6520. The minimum absolute atomic E-state index is 1.10. The molecule has 0 amide bonds. The van der Waals surface area contributed by atoms with E-state index in [2.05, 4.69) is 364 Å². The molecule has 0 unspecified atom stereocenters. The Balaban J connectivity index is 0.000000108. The van der Waals surface area contributed by atoms with E-state index >= 15 is 0 Å². The standard InChI is InChI=1S/7C17H18/c1-10-6-13(4)17-14(7-10)9-15-12(3)5-11(2)8-16(15)17;1-10-7-12(3)15-9-14-6-5-11(2)13(4)17(14)16(15)8-10;1-10-7-12(3)16-15(8-10)9-14-6-5-11(2)13(4)17(14)16;1-10-7-13(4)14-9-15-11(2)5-6-12(3)17(15)16(14)8-10;1-10-7-13(4)16-14(8-10)9-15-11(2)5-6-12(3)17(15)16;1-10-5-6-14-9-15-7-11(2)12(3)8-16(15)17(14)13(10)4;1-10-7-8-14-9-15-11(2)5-6-12(3)16(15)17(14)13(10)4/h7*5-8H,9H2,1-4H3. The van der Waals surface area contributed by atoms with Crippen molar-refractivity contribution >= 4 is 0 Å². The molecule has 0 aliphatic heterocycles. The van der Waals surface area contributed by atoms with E-state index in [0.29, 0.717) is 0 Å². The van der Waals surface area contributed by atoms with E-state index in [1.165, 1.54) is 312 Å². The number of rotatable bonds is 0. The van der Waals surface area contributed by atoms with Gasteiger partial charge in [-0.05, 0) is 517 Å². The molecule has 0 heteroatoms. The average Bonchev–Trinajstić information content (AvgIpc) is 1.65. The van der Waals surface area contributed by atoms with Crippen LogP contribution < -0.4 is 0 Å². The van der Waals surface area contributed by atoms with E-state index in [4.69, 9.17) is 0 Å². The number of hydrogen-bond acceptors (Lipinski definition) is 0. The maximum absolute atomic E-state index is 2.36. The molecule has 602 valence electrons. The third-order valence-electron chi connectivity index (χ3n) is 28.2. The van der Waals surface area contributed by atoms with E-state index in [1.54, 1.807) is 0 Å². The van der Waals surface area contributed by atoms with Gasteiger partial charge in [0, 0.05) is 0 Å². The second kappa shape index (κ2) is 32.7. The van der Waals surface area contributed by atoms with Gasteiger partial charge in [0.15, 0.2) is 0 Å². The van der Waals surface area contributed by atoms with Crippen LogP contribution in [0.2, 0.25) is 0 Å². The SMILES string of the molecule is Cc1cc(C)c2c(c1)-c1c(C)ccc(C)c1C2.Cc1cc(C)c2c(c1)-c1c(ccc(C)c1C)C2.Cc1cc(C)c2c(c1)Cc1c(C)cc(C)cc1-2.Cc1cc(C)c2c(c1)Cc1c(C)ccc(C)c1-2.Cc1cc(C)c2c(c1)Cc1ccc(C)c(C)c1-2.Cc1cc2c(cc1C)-c1c(ccc(C)c1C)C2.Cc1ccc2c(c1C)-c1c(C)ccc(C)c1C2. The summed E-state index contributed by atoms with van der Waals surface area (Å²) in [5, 5.41) is 0. The van der Waals surface area contributed by atoms with E-state index in [-0.39, 0.29) is 0 Å². The predicted molar refractivity (Wildman–Crippen MR) is 515 cm³/mol. The average molecular weight is 1560 g/mol. The first-order chi connectivity index (χ1) is 56.5. The molecular formula is C119H126. The van der Waals surface area contributed by atoms with Crippen molar-refractivity contribution in [1.29, 1.82) is 0 Å². The normalized spacial score (nSPS) is 12.5. The molecule has 0 saturated carbocycles. The summed E-state index contributed by atoms with van der Waals surface area (Å²) in [7, 11) is 0. The first-order valence-electron chi connectivity index (χ1n) is 43.9. The summed E-state index contributed by atoms with van der Waals surface area (Å²) < 4.78 is 0. The third kappa shape index (κ3) is 15.5. The van der Waals surface area contributed by atoms with Crippen LogP contribution in [0, 0.1) is 194 Å². The second-order valence-corrected chi connectivity index (χ2v) is 37.3. The molecule has 21 rings (SSSR count). The van der Waals surface area contributed by atoms with Crippen molar-refractivity contribution in [2.75, 3.05) is 0 Å². The summed E-state index contributed by atoms with van der Waals surface area (Å²) >= 11 is 0. The van der Waals surface area contributed by atoms with Gasteiger partial charge in [-0.15, -0.1) is 0 Å². The lowest BCUT2D eigenvalue weighted by Gasteiger charge is -2.11. The van der Waals surface area contributed by atoms with Crippen molar-refractivity contribution in [3.63, 3.8) is 0 Å². The zero-order valence-corrected chi connectivity index (χ0v) is 77.1. The van der Waals surface area contributed by atoms with Crippen LogP contribution in [0.1, 0.15) is 234 Å². The van der Waals surface area contributed by atoms with Crippen LogP contribution in [0.4, 0.5) is 0 Å². The van der Waals surface area contributed by atoms with Gasteiger partial charge in [-0.25, -0.2) is 0 Å². The Morgan fingerprint density at radius 3 is 0.857 bits per heavy atom. The second-order valence-electron chi connectivity index (χ2n) is 37.3. The molecule has 0 fully saturated rings. The Labute approximate surface area is 715 Å². The molecular weight excluding hydrogens is 1430 g/mol. The largest absolute Gasteiger partial charge is 0.0587 e.